The zero-order valence-corrected chi connectivity index (χ0v) is 7.33. The van der Waals surface area contributed by atoms with E-state index in [9.17, 15) is 4.79 Å². The van der Waals surface area contributed by atoms with Crippen molar-refractivity contribution in [1.29, 1.82) is 0 Å². The molecule has 0 amide bonds. The quantitative estimate of drug-likeness (QED) is 0.556. The Kier molecular flexibility index (Phi) is 2.02. The zero-order valence-electron chi connectivity index (χ0n) is 7.33. The first-order chi connectivity index (χ1) is 6.33. The Labute approximate surface area is 75.8 Å². The van der Waals surface area contributed by atoms with Crippen molar-refractivity contribution < 1.29 is 9.53 Å². The predicted molar refractivity (Wildman–Crippen MR) is 47.1 cm³/mol. The largest absolute Gasteiger partial charge is 0.465 e. The van der Waals surface area contributed by atoms with Gasteiger partial charge in [0.25, 0.3) is 0 Å². The second-order valence-corrected chi connectivity index (χ2v) is 2.86. The van der Waals surface area contributed by atoms with E-state index in [-0.39, 0.29) is 12.0 Å². The Bertz CT molecular complexity index is 296. The Morgan fingerprint density at radius 2 is 2.69 bits per heavy atom. The number of aliphatic imine (C=N–C) groups is 1. The maximum Gasteiger partial charge on any atom is 0.329 e. The summed E-state index contributed by atoms with van der Waals surface area (Å²) in [6.45, 7) is 2.78. The molecule has 13 heavy (non-hydrogen) atoms. The molecular formula is C8H11N3O2. The van der Waals surface area contributed by atoms with Crippen LogP contribution in [0.5, 0.6) is 0 Å². The fraction of sp³-hybridized carbons (Fsp3) is 0.500. The smallest absolute Gasteiger partial charge is 0.329 e. The van der Waals surface area contributed by atoms with Gasteiger partial charge in [-0.1, -0.05) is 0 Å². The van der Waals surface area contributed by atoms with Crippen LogP contribution in [-0.4, -0.2) is 31.4 Å². The highest BCUT2D eigenvalue weighted by Crippen LogP contribution is 2.17. The van der Waals surface area contributed by atoms with E-state index < -0.39 is 0 Å². The number of hydrogen-bond donors (Lipinski definition) is 2. The Hall–Kier alpha value is -1.36. The van der Waals surface area contributed by atoms with E-state index in [1.807, 2.05) is 0 Å². The van der Waals surface area contributed by atoms with Gasteiger partial charge in [-0.15, -0.1) is 0 Å². The minimum absolute atomic E-state index is 0.245. The molecule has 0 bridgehead atoms. The van der Waals surface area contributed by atoms with E-state index in [1.54, 1.807) is 13.1 Å². The van der Waals surface area contributed by atoms with Gasteiger partial charge in [-0.2, -0.15) is 0 Å². The lowest BCUT2D eigenvalue weighted by atomic mass is 10.1. The van der Waals surface area contributed by atoms with Gasteiger partial charge < -0.3 is 10.2 Å². The van der Waals surface area contributed by atoms with Crippen LogP contribution in [0.3, 0.4) is 0 Å². The van der Waals surface area contributed by atoms with Crippen molar-refractivity contribution >= 4 is 12.2 Å². The number of carbonyl (C=O) groups is 1. The van der Waals surface area contributed by atoms with E-state index >= 15 is 0 Å². The van der Waals surface area contributed by atoms with Crippen molar-refractivity contribution in [2.45, 2.75) is 13.0 Å². The molecule has 1 unspecified atom stereocenters. The molecule has 0 aromatic carbocycles. The van der Waals surface area contributed by atoms with Crippen LogP contribution in [-0.2, 0) is 9.53 Å². The molecule has 0 radical (unpaired) electrons. The van der Waals surface area contributed by atoms with Gasteiger partial charge in [-0.3, -0.25) is 4.99 Å². The predicted octanol–water partition coefficient (Wildman–Crippen LogP) is -0.636. The first-order valence-electron chi connectivity index (χ1n) is 4.24. The second kappa shape index (κ2) is 3.18. The number of rotatable bonds is 2. The second-order valence-electron chi connectivity index (χ2n) is 2.86. The third-order valence-electron chi connectivity index (χ3n) is 2.05. The molecule has 1 atom stereocenters. The molecule has 2 heterocycles. The van der Waals surface area contributed by atoms with Gasteiger partial charge in [-0.05, 0) is 6.92 Å². The number of hydrogen-bond acceptors (Lipinski definition) is 5. The minimum Gasteiger partial charge on any atom is -0.465 e. The molecule has 5 heteroatoms. The Balaban J connectivity index is 2.07. The molecule has 0 aromatic heterocycles. The van der Waals surface area contributed by atoms with Crippen LogP contribution < -0.4 is 10.9 Å². The minimum atomic E-state index is -0.363. The lowest BCUT2D eigenvalue weighted by Gasteiger charge is -2.11. The maximum atomic E-state index is 11.4. The highest BCUT2D eigenvalue weighted by atomic mass is 16.5. The number of hydrazine groups is 1. The first kappa shape index (κ1) is 8.25. The number of allylic oxidation sites excluding steroid dienone is 1. The number of esters is 1. The monoisotopic (exact) mass is 181 g/mol. The molecule has 0 saturated heterocycles. The number of nitrogens with one attached hydrogen (secondary N) is 2. The van der Waals surface area contributed by atoms with E-state index in [4.69, 9.17) is 4.74 Å². The molecule has 0 saturated carbocycles. The first-order valence-corrected chi connectivity index (χ1v) is 4.24. The van der Waals surface area contributed by atoms with Crippen molar-refractivity contribution in [3.8, 4) is 0 Å². The summed E-state index contributed by atoms with van der Waals surface area (Å²) in [7, 11) is 0. The van der Waals surface area contributed by atoms with Crippen molar-refractivity contribution in [3.63, 3.8) is 0 Å². The highest BCUT2D eigenvalue weighted by molar-refractivity contribution is 5.89. The zero-order chi connectivity index (χ0) is 9.26. The highest BCUT2D eigenvalue weighted by Gasteiger charge is 2.32. The fourth-order valence-corrected chi connectivity index (χ4v) is 1.43. The summed E-state index contributed by atoms with van der Waals surface area (Å²) in [5.41, 5.74) is 7.61. The third-order valence-corrected chi connectivity index (χ3v) is 2.05. The standard InChI is InChI=1S/C8H11N3O2/c1-2-13-8(12)7-5-3-9-4-6(5)10-11-7/h4,7,10-11H,2-3H2,1H3. The molecule has 0 fully saturated rings. The van der Waals surface area contributed by atoms with Crippen LogP contribution in [0.4, 0.5) is 0 Å². The maximum absolute atomic E-state index is 11.4. The van der Waals surface area contributed by atoms with Gasteiger partial charge in [0, 0.05) is 11.8 Å². The van der Waals surface area contributed by atoms with Crippen LogP contribution in [0, 0.1) is 0 Å². The van der Waals surface area contributed by atoms with Crippen LogP contribution in [0.25, 0.3) is 0 Å². The normalized spacial score (nSPS) is 24.5. The number of carbonyl (C=O) groups excluding carboxylic acids is 1. The van der Waals surface area contributed by atoms with Crippen molar-refractivity contribution in [2.75, 3.05) is 13.2 Å². The van der Waals surface area contributed by atoms with Gasteiger partial charge in [-0.25, -0.2) is 10.2 Å². The van der Waals surface area contributed by atoms with E-state index in [2.05, 4.69) is 15.8 Å². The van der Waals surface area contributed by atoms with Crippen molar-refractivity contribution in [2.24, 2.45) is 4.99 Å². The summed E-state index contributed by atoms with van der Waals surface area (Å²) in [6, 6.07) is -0.363. The number of ether oxygens (including phenoxy) is 1. The van der Waals surface area contributed by atoms with Crippen LogP contribution in [0.2, 0.25) is 0 Å². The van der Waals surface area contributed by atoms with Gasteiger partial charge in [0.05, 0.1) is 18.8 Å². The van der Waals surface area contributed by atoms with E-state index in [0.29, 0.717) is 13.2 Å². The fourth-order valence-electron chi connectivity index (χ4n) is 1.43. The summed E-state index contributed by atoms with van der Waals surface area (Å²) in [5, 5.41) is 0. The SMILES string of the molecule is CCOC(=O)C1NNC2=C1CN=C2. The molecule has 2 aliphatic heterocycles. The summed E-state index contributed by atoms with van der Waals surface area (Å²) < 4.78 is 4.90. The average molecular weight is 181 g/mol. The summed E-state index contributed by atoms with van der Waals surface area (Å²) >= 11 is 0. The van der Waals surface area contributed by atoms with Gasteiger partial charge in [0.1, 0.15) is 6.04 Å². The van der Waals surface area contributed by atoms with E-state index in [0.717, 1.165) is 11.3 Å². The lowest BCUT2D eigenvalue weighted by Crippen LogP contribution is -2.40. The summed E-state index contributed by atoms with van der Waals surface area (Å²) in [5.74, 6) is -0.245. The van der Waals surface area contributed by atoms with Crippen molar-refractivity contribution in [1.82, 2.24) is 10.9 Å². The molecular weight excluding hydrogens is 170 g/mol. The molecule has 2 aliphatic rings. The topological polar surface area (TPSA) is 62.7 Å². The van der Waals surface area contributed by atoms with Gasteiger partial charge in [0.15, 0.2) is 0 Å². The molecule has 70 valence electrons. The Morgan fingerprint density at radius 3 is 3.46 bits per heavy atom. The molecule has 0 aliphatic carbocycles. The van der Waals surface area contributed by atoms with Gasteiger partial charge in [0.2, 0.25) is 0 Å². The molecule has 5 nitrogen and oxygen atoms in total. The molecule has 0 aromatic rings. The number of nitrogens with zero attached hydrogens (tertiary/aromatic N) is 1. The van der Waals surface area contributed by atoms with Crippen molar-refractivity contribution in [3.05, 3.63) is 11.3 Å². The molecule has 2 rings (SSSR count). The summed E-state index contributed by atoms with van der Waals surface area (Å²) in [6.07, 6.45) is 1.72. The van der Waals surface area contributed by atoms with Crippen LogP contribution >= 0.6 is 0 Å². The van der Waals surface area contributed by atoms with Crippen LogP contribution in [0.1, 0.15) is 6.92 Å². The third kappa shape index (κ3) is 1.31. The molecule has 2 N–H and O–H groups in total. The molecule has 0 spiro atoms. The van der Waals surface area contributed by atoms with Gasteiger partial charge >= 0.3 is 5.97 Å². The summed E-state index contributed by atoms with van der Waals surface area (Å²) in [4.78, 5) is 15.4. The average Bonchev–Trinajstić information content (AvgIpc) is 2.62. The van der Waals surface area contributed by atoms with E-state index in [1.165, 1.54) is 0 Å². The van der Waals surface area contributed by atoms with Crippen LogP contribution in [0.15, 0.2) is 16.3 Å². The lowest BCUT2D eigenvalue weighted by molar-refractivity contribution is -0.144. The Morgan fingerprint density at radius 1 is 1.85 bits per heavy atom.